The highest BCUT2D eigenvalue weighted by atomic mass is 16.5. The van der Waals surface area contributed by atoms with Crippen molar-refractivity contribution in [2.75, 3.05) is 66.8 Å². The van der Waals surface area contributed by atoms with Gasteiger partial charge >= 0.3 is 0 Å². The second kappa shape index (κ2) is 7.23. The molecule has 0 N–H and O–H groups in total. The Labute approximate surface area is 140 Å². The van der Waals surface area contributed by atoms with Crippen molar-refractivity contribution in [2.24, 2.45) is 0 Å². The second-order valence-corrected chi connectivity index (χ2v) is 5.67. The van der Waals surface area contributed by atoms with E-state index >= 15 is 0 Å². The molecule has 3 rings (SSSR count). The van der Waals surface area contributed by atoms with Crippen molar-refractivity contribution in [3.8, 4) is 0 Å². The number of hydrogen-bond donors (Lipinski definition) is 0. The number of ketones is 2. The lowest BCUT2D eigenvalue weighted by Crippen LogP contribution is -2.33. The third kappa shape index (κ3) is 3.39. The molecule has 0 spiro atoms. The summed E-state index contributed by atoms with van der Waals surface area (Å²) in [6.07, 6.45) is 0. The fraction of sp³-hybridized carbons (Fsp3) is 0.625. The fourth-order valence-corrected chi connectivity index (χ4v) is 2.48. The highest BCUT2D eigenvalue weighted by molar-refractivity contribution is 6.23. The van der Waals surface area contributed by atoms with Crippen LogP contribution in [-0.2, 0) is 28.5 Å². The number of carbonyl (C=O) groups is 2. The lowest BCUT2D eigenvalue weighted by atomic mass is 10.0. The van der Waals surface area contributed by atoms with Crippen LogP contribution in [0.4, 0.5) is 0 Å². The minimum absolute atomic E-state index is 0.107. The SMILES string of the molecule is COCCOC1=C(N2CC2)C(=O)C(OCCOC)=C(N2CC2)C1=O. The molecule has 132 valence electrons. The molecule has 2 saturated heterocycles. The van der Waals surface area contributed by atoms with E-state index in [0.717, 1.165) is 26.2 Å². The molecule has 2 fully saturated rings. The highest BCUT2D eigenvalue weighted by Gasteiger charge is 2.46. The Balaban J connectivity index is 1.88. The number of nitrogens with zero attached hydrogens (tertiary/aromatic N) is 2. The number of hydrogen-bond acceptors (Lipinski definition) is 8. The van der Waals surface area contributed by atoms with Gasteiger partial charge in [0.25, 0.3) is 0 Å². The zero-order chi connectivity index (χ0) is 17.1. The summed E-state index contributed by atoms with van der Waals surface area (Å²) < 4.78 is 21.1. The molecule has 24 heavy (non-hydrogen) atoms. The fourth-order valence-electron chi connectivity index (χ4n) is 2.48. The van der Waals surface area contributed by atoms with Crippen molar-refractivity contribution < 1.29 is 28.5 Å². The second-order valence-electron chi connectivity index (χ2n) is 5.67. The van der Waals surface area contributed by atoms with E-state index in [1.165, 1.54) is 0 Å². The minimum Gasteiger partial charge on any atom is -0.485 e. The summed E-state index contributed by atoms with van der Waals surface area (Å²) in [5, 5.41) is 0. The molecule has 3 aliphatic rings. The maximum atomic E-state index is 12.9. The van der Waals surface area contributed by atoms with Gasteiger partial charge in [0.05, 0.1) is 13.2 Å². The Morgan fingerprint density at radius 3 is 1.38 bits per heavy atom. The average Bonchev–Trinajstić information content (AvgIpc) is 3.45. The van der Waals surface area contributed by atoms with Gasteiger partial charge in [0.2, 0.25) is 11.6 Å². The first-order chi connectivity index (χ1) is 11.7. The zero-order valence-corrected chi connectivity index (χ0v) is 14.0. The largest absolute Gasteiger partial charge is 0.485 e. The monoisotopic (exact) mass is 338 g/mol. The van der Waals surface area contributed by atoms with E-state index in [2.05, 4.69) is 0 Å². The number of ether oxygens (including phenoxy) is 4. The molecule has 0 aromatic heterocycles. The third-order valence-corrected chi connectivity index (χ3v) is 3.87. The van der Waals surface area contributed by atoms with E-state index in [1.807, 2.05) is 9.80 Å². The molecule has 2 heterocycles. The van der Waals surface area contributed by atoms with Gasteiger partial charge in [0, 0.05) is 40.4 Å². The summed E-state index contributed by atoms with van der Waals surface area (Å²) in [7, 11) is 3.11. The lowest BCUT2D eigenvalue weighted by molar-refractivity contribution is -0.123. The molecule has 0 atom stereocenters. The Hall–Kier alpha value is -2.06. The Morgan fingerprint density at radius 1 is 0.708 bits per heavy atom. The van der Waals surface area contributed by atoms with E-state index in [0.29, 0.717) is 24.6 Å². The van der Waals surface area contributed by atoms with E-state index < -0.39 is 0 Å². The van der Waals surface area contributed by atoms with Crippen LogP contribution in [0.1, 0.15) is 0 Å². The van der Waals surface area contributed by atoms with Gasteiger partial charge < -0.3 is 28.7 Å². The molecule has 0 saturated carbocycles. The van der Waals surface area contributed by atoms with Gasteiger partial charge in [0.15, 0.2) is 11.5 Å². The third-order valence-electron chi connectivity index (χ3n) is 3.87. The molecule has 0 aromatic rings. The van der Waals surface area contributed by atoms with Crippen molar-refractivity contribution in [1.82, 2.24) is 9.80 Å². The maximum Gasteiger partial charge on any atom is 0.249 e. The number of carbonyl (C=O) groups excluding carboxylic acids is 2. The van der Waals surface area contributed by atoms with Crippen molar-refractivity contribution in [3.63, 3.8) is 0 Å². The van der Waals surface area contributed by atoms with Crippen LogP contribution in [0.25, 0.3) is 0 Å². The average molecular weight is 338 g/mol. The Kier molecular flexibility index (Phi) is 5.06. The molecule has 1 aliphatic carbocycles. The van der Waals surface area contributed by atoms with E-state index in [9.17, 15) is 9.59 Å². The molecule has 8 nitrogen and oxygen atoms in total. The van der Waals surface area contributed by atoms with Crippen molar-refractivity contribution in [3.05, 3.63) is 22.9 Å². The van der Waals surface area contributed by atoms with Gasteiger partial charge in [-0.05, 0) is 0 Å². The van der Waals surface area contributed by atoms with Crippen molar-refractivity contribution in [2.45, 2.75) is 0 Å². The van der Waals surface area contributed by atoms with Gasteiger partial charge in [-0.25, -0.2) is 0 Å². The minimum atomic E-state index is -0.294. The predicted octanol–water partition coefficient (Wildman–Crippen LogP) is -0.481. The molecule has 2 aliphatic heterocycles. The van der Waals surface area contributed by atoms with E-state index in [-0.39, 0.29) is 36.3 Å². The predicted molar refractivity (Wildman–Crippen MR) is 82.9 cm³/mol. The molecular formula is C16H22N2O6. The molecule has 0 bridgehead atoms. The van der Waals surface area contributed by atoms with Crippen LogP contribution in [0.3, 0.4) is 0 Å². The first-order valence-electron chi connectivity index (χ1n) is 8.00. The molecule has 8 heteroatoms. The maximum absolute atomic E-state index is 12.9. The Bertz CT molecular complexity index is 537. The number of methoxy groups -OCH3 is 2. The van der Waals surface area contributed by atoms with Crippen molar-refractivity contribution in [1.29, 1.82) is 0 Å². The van der Waals surface area contributed by atoms with Gasteiger partial charge in [-0.15, -0.1) is 0 Å². The number of Topliss-reactive ketones (excluding diaryl/α,β-unsaturated/α-hetero) is 2. The summed E-state index contributed by atoms with van der Waals surface area (Å²) in [5.74, 6) is -0.374. The zero-order valence-electron chi connectivity index (χ0n) is 14.0. The topological polar surface area (TPSA) is 77.1 Å². The van der Waals surface area contributed by atoms with Gasteiger partial charge in [0.1, 0.15) is 24.6 Å². The van der Waals surface area contributed by atoms with Crippen molar-refractivity contribution >= 4 is 11.6 Å². The van der Waals surface area contributed by atoms with Gasteiger partial charge in [-0.2, -0.15) is 0 Å². The van der Waals surface area contributed by atoms with E-state index in [4.69, 9.17) is 18.9 Å². The summed E-state index contributed by atoms with van der Waals surface area (Å²) in [6.45, 7) is 4.05. The molecule has 0 unspecified atom stereocenters. The summed E-state index contributed by atoms with van der Waals surface area (Å²) in [6, 6.07) is 0. The number of rotatable bonds is 10. The van der Waals surface area contributed by atoms with Gasteiger partial charge in [-0.3, -0.25) is 9.59 Å². The standard InChI is InChI=1S/C16H22N2O6/c1-21-7-9-23-15-11(17-3-4-17)14(20)16(24-10-8-22-2)12(13(15)19)18-5-6-18/h3-10H2,1-2H3. The summed E-state index contributed by atoms with van der Waals surface area (Å²) >= 11 is 0. The quantitative estimate of drug-likeness (QED) is 0.300. The van der Waals surface area contributed by atoms with Crippen LogP contribution in [-0.4, -0.2) is 88.2 Å². The van der Waals surface area contributed by atoms with Crippen LogP contribution >= 0.6 is 0 Å². The summed E-state index contributed by atoms with van der Waals surface area (Å²) in [5.41, 5.74) is 0.600. The van der Waals surface area contributed by atoms with Crippen LogP contribution in [0.2, 0.25) is 0 Å². The lowest BCUT2D eigenvalue weighted by Gasteiger charge is -2.25. The molecule has 0 radical (unpaired) electrons. The molecular weight excluding hydrogens is 316 g/mol. The highest BCUT2D eigenvalue weighted by Crippen LogP contribution is 2.34. The molecule has 0 amide bonds. The normalized spacial score (nSPS) is 20.1. The van der Waals surface area contributed by atoms with Gasteiger partial charge in [-0.1, -0.05) is 0 Å². The van der Waals surface area contributed by atoms with Crippen LogP contribution in [0.5, 0.6) is 0 Å². The Morgan fingerprint density at radius 2 is 1.08 bits per heavy atom. The first-order valence-corrected chi connectivity index (χ1v) is 8.00. The molecule has 0 aromatic carbocycles. The smallest absolute Gasteiger partial charge is 0.249 e. The van der Waals surface area contributed by atoms with Crippen LogP contribution < -0.4 is 0 Å². The summed E-state index contributed by atoms with van der Waals surface area (Å²) in [4.78, 5) is 29.5. The van der Waals surface area contributed by atoms with E-state index in [1.54, 1.807) is 14.2 Å². The van der Waals surface area contributed by atoms with Crippen LogP contribution in [0.15, 0.2) is 22.9 Å². The van der Waals surface area contributed by atoms with Crippen LogP contribution in [0, 0.1) is 0 Å². The first kappa shape index (κ1) is 16.8.